The number of ether oxygens (including phenoxy) is 1. The van der Waals surface area contributed by atoms with Gasteiger partial charge in [-0.25, -0.2) is 4.79 Å². The number of halogens is 1. The van der Waals surface area contributed by atoms with E-state index in [9.17, 15) is 4.79 Å². The quantitative estimate of drug-likeness (QED) is 0.437. The van der Waals surface area contributed by atoms with E-state index in [0.29, 0.717) is 22.1 Å². The van der Waals surface area contributed by atoms with Crippen LogP contribution in [0.4, 0.5) is 21.9 Å². The van der Waals surface area contributed by atoms with E-state index in [0.717, 1.165) is 10.6 Å². The minimum absolute atomic E-state index is 0.319. The van der Waals surface area contributed by atoms with Crippen LogP contribution in [0.25, 0.3) is 0 Å². The van der Waals surface area contributed by atoms with E-state index < -0.39 is 0 Å². The van der Waals surface area contributed by atoms with Crippen molar-refractivity contribution in [3.05, 3.63) is 77.8 Å². The summed E-state index contributed by atoms with van der Waals surface area (Å²) in [6, 6.07) is 21.9. The zero-order valence-electron chi connectivity index (χ0n) is 14.5. The highest BCUT2D eigenvalue weighted by Crippen LogP contribution is 2.24. The van der Waals surface area contributed by atoms with Gasteiger partial charge in [-0.3, -0.25) is 0 Å². The number of hydrogen-bond donors (Lipinski definition) is 3. The van der Waals surface area contributed by atoms with Crippen LogP contribution in [0, 0.1) is 0 Å². The minimum atomic E-state index is -0.319. The summed E-state index contributed by atoms with van der Waals surface area (Å²) in [5.41, 5.74) is 2.28. The van der Waals surface area contributed by atoms with Gasteiger partial charge in [0.05, 0.1) is 7.11 Å². The van der Waals surface area contributed by atoms with E-state index in [-0.39, 0.29) is 6.03 Å². The molecule has 3 N–H and O–H groups in total. The van der Waals surface area contributed by atoms with Crippen LogP contribution in [-0.4, -0.2) is 13.1 Å². The summed E-state index contributed by atoms with van der Waals surface area (Å²) in [5, 5.41) is 6.25. The SMILES string of the molecule is COc1cccc(NC(=O)Nc2ccc(SNc3cccc(Cl)c3)cc2)c1. The summed E-state index contributed by atoms with van der Waals surface area (Å²) in [4.78, 5) is 13.1. The summed E-state index contributed by atoms with van der Waals surface area (Å²) in [6.45, 7) is 0. The smallest absolute Gasteiger partial charge is 0.323 e. The van der Waals surface area contributed by atoms with Crippen molar-refractivity contribution < 1.29 is 9.53 Å². The first-order valence-corrected chi connectivity index (χ1v) is 9.32. The average molecular weight is 400 g/mol. The second-order valence-electron chi connectivity index (χ2n) is 5.55. The summed E-state index contributed by atoms with van der Waals surface area (Å²) >= 11 is 7.43. The molecular formula is C20H18ClN3O2S. The Labute approximate surface area is 167 Å². The number of carbonyl (C=O) groups excluding carboxylic acids is 1. The van der Waals surface area contributed by atoms with E-state index in [4.69, 9.17) is 16.3 Å². The molecule has 0 aliphatic heterocycles. The van der Waals surface area contributed by atoms with Gasteiger partial charge in [-0.05, 0) is 66.5 Å². The van der Waals surface area contributed by atoms with Crippen molar-refractivity contribution in [3.63, 3.8) is 0 Å². The van der Waals surface area contributed by atoms with Gasteiger partial charge in [-0.2, -0.15) is 0 Å². The zero-order chi connectivity index (χ0) is 19.1. The number of benzene rings is 3. The first kappa shape index (κ1) is 18.9. The molecule has 0 aliphatic carbocycles. The van der Waals surface area contributed by atoms with Crippen LogP contribution in [0.15, 0.2) is 77.7 Å². The van der Waals surface area contributed by atoms with Crippen molar-refractivity contribution in [3.8, 4) is 5.75 Å². The molecule has 27 heavy (non-hydrogen) atoms. The highest BCUT2D eigenvalue weighted by atomic mass is 35.5. The standard InChI is InChI=1S/C20H18ClN3O2S/c1-26-18-7-3-5-16(13-18)23-20(25)22-15-8-10-19(11-9-15)27-24-17-6-2-4-14(21)12-17/h2-13,24H,1H3,(H2,22,23,25). The number of carbonyl (C=O) groups is 1. The summed E-state index contributed by atoms with van der Waals surface area (Å²) in [5.74, 6) is 0.682. The maximum Gasteiger partial charge on any atom is 0.323 e. The van der Waals surface area contributed by atoms with Crippen LogP contribution < -0.4 is 20.1 Å². The van der Waals surface area contributed by atoms with E-state index in [1.54, 1.807) is 19.2 Å². The number of rotatable bonds is 6. The van der Waals surface area contributed by atoms with E-state index in [1.165, 1.54) is 11.9 Å². The number of hydrogen-bond acceptors (Lipinski definition) is 4. The normalized spacial score (nSPS) is 10.1. The van der Waals surface area contributed by atoms with Gasteiger partial charge in [0.15, 0.2) is 0 Å². The molecule has 3 aromatic rings. The molecule has 138 valence electrons. The van der Waals surface area contributed by atoms with Crippen LogP contribution in [0.3, 0.4) is 0 Å². The van der Waals surface area contributed by atoms with Crippen LogP contribution in [0.2, 0.25) is 5.02 Å². The predicted molar refractivity (Wildman–Crippen MR) is 113 cm³/mol. The Balaban J connectivity index is 1.53. The molecule has 0 saturated heterocycles. The van der Waals surface area contributed by atoms with Gasteiger partial charge in [0, 0.05) is 33.0 Å². The Morgan fingerprint density at radius 3 is 2.33 bits per heavy atom. The molecule has 0 spiro atoms. The average Bonchev–Trinajstić information content (AvgIpc) is 2.67. The van der Waals surface area contributed by atoms with Crippen LogP contribution >= 0.6 is 23.5 Å². The number of urea groups is 1. The molecule has 2 amide bonds. The van der Waals surface area contributed by atoms with Gasteiger partial charge in [-0.15, -0.1) is 0 Å². The molecule has 0 bridgehead atoms. The summed E-state index contributed by atoms with van der Waals surface area (Å²) in [6.07, 6.45) is 0. The molecule has 0 aromatic heterocycles. The van der Waals surface area contributed by atoms with Crippen molar-refractivity contribution in [2.24, 2.45) is 0 Å². The van der Waals surface area contributed by atoms with Crippen molar-refractivity contribution in [2.75, 3.05) is 22.5 Å². The van der Waals surface area contributed by atoms with Crippen molar-refractivity contribution in [1.82, 2.24) is 0 Å². The maximum absolute atomic E-state index is 12.1. The van der Waals surface area contributed by atoms with Crippen LogP contribution in [0.1, 0.15) is 0 Å². The van der Waals surface area contributed by atoms with Crippen molar-refractivity contribution in [1.29, 1.82) is 0 Å². The largest absolute Gasteiger partial charge is 0.497 e. The highest BCUT2D eigenvalue weighted by Gasteiger charge is 2.04. The highest BCUT2D eigenvalue weighted by molar-refractivity contribution is 8.00. The van der Waals surface area contributed by atoms with Gasteiger partial charge in [-0.1, -0.05) is 23.7 Å². The number of methoxy groups -OCH3 is 1. The fourth-order valence-corrected chi connectivity index (χ4v) is 3.10. The minimum Gasteiger partial charge on any atom is -0.497 e. The lowest BCUT2D eigenvalue weighted by Gasteiger charge is -2.10. The van der Waals surface area contributed by atoms with E-state index >= 15 is 0 Å². The van der Waals surface area contributed by atoms with Gasteiger partial charge in [0.25, 0.3) is 0 Å². The summed E-state index contributed by atoms with van der Waals surface area (Å²) < 4.78 is 8.37. The Kier molecular flexibility index (Phi) is 6.46. The Bertz CT molecular complexity index is 919. The van der Waals surface area contributed by atoms with Crippen molar-refractivity contribution in [2.45, 2.75) is 4.90 Å². The third-order valence-electron chi connectivity index (χ3n) is 3.55. The van der Waals surface area contributed by atoms with Gasteiger partial charge in [0.1, 0.15) is 5.75 Å². The summed E-state index contributed by atoms with van der Waals surface area (Å²) in [7, 11) is 1.58. The fraction of sp³-hybridized carbons (Fsp3) is 0.0500. The first-order valence-electron chi connectivity index (χ1n) is 8.13. The molecule has 0 unspecified atom stereocenters. The maximum atomic E-state index is 12.1. The van der Waals surface area contributed by atoms with Gasteiger partial charge in [0.2, 0.25) is 0 Å². The zero-order valence-corrected chi connectivity index (χ0v) is 16.1. The molecule has 3 rings (SSSR count). The third-order valence-corrected chi connectivity index (χ3v) is 4.63. The van der Waals surface area contributed by atoms with Crippen molar-refractivity contribution >= 4 is 46.6 Å². The Hall–Kier alpha value is -2.83. The molecule has 7 heteroatoms. The van der Waals surface area contributed by atoms with E-state index in [2.05, 4.69) is 15.4 Å². The third kappa shape index (κ3) is 5.84. The molecule has 0 fully saturated rings. The molecule has 0 atom stereocenters. The van der Waals surface area contributed by atoms with Crippen LogP contribution in [-0.2, 0) is 0 Å². The first-order chi connectivity index (χ1) is 13.1. The van der Waals surface area contributed by atoms with Gasteiger partial charge >= 0.3 is 6.03 Å². The molecule has 0 heterocycles. The molecule has 5 nitrogen and oxygen atoms in total. The number of nitrogens with one attached hydrogen (secondary N) is 3. The Morgan fingerprint density at radius 2 is 1.59 bits per heavy atom. The van der Waals surface area contributed by atoms with Gasteiger partial charge < -0.3 is 20.1 Å². The molecule has 3 aromatic carbocycles. The lowest BCUT2D eigenvalue weighted by Crippen LogP contribution is -2.19. The monoisotopic (exact) mass is 399 g/mol. The predicted octanol–water partition coefficient (Wildman–Crippen LogP) is 6.11. The second kappa shape index (κ2) is 9.21. The lowest BCUT2D eigenvalue weighted by molar-refractivity contribution is 0.262. The molecule has 0 saturated carbocycles. The van der Waals surface area contributed by atoms with E-state index in [1.807, 2.05) is 60.7 Å². The fourth-order valence-electron chi connectivity index (χ4n) is 2.27. The molecular weight excluding hydrogens is 382 g/mol. The van der Waals surface area contributed by atoms with Crippen LogP contribution in [0.5, 0.6) is 5.75 Å². The Morgan fingerprint density at radius 1 is 0.889 bits per heavy atom. The molecule has 0 aliphatic rings. The second-order valence-corrected chi connectivity index (χ2v) is 6.87. The number of anilines is 3. The lowest BCUT2D eigenvalue weighted by atomic mass is 10.3. The molecule has 0 radical (unpaired) electrons. The number of amides is 2. The topological polar surface area (TPSA) is 62.4 Å².